The normalized spacial score (nSPS) is 32.2. The average Bonchev–Trinajstić information content (AvgIpc) is 3.38. The molecule has 276 valence electrons. The number of phosphoric acid groups is 4. The predicted molar refractivity (Wildman–Crippen MR) is 151 cm³/mol. The second-order valence-corrected chi connectivity index (χ2v) is 16.1. The van der Waals surface area contributed by atoms with Gasteiger partial charge in [0.25, 0.3) is 5.56 Å². The Bertz CT molecular complexity index is 1900. The molecule has 4 unspecified atom stereocenters. The lowest BCUT2D eigenvalue weighted by Gasteiger charge is -2.21. The van der Waals surface area contributed by atoms with Crippen LogP contribution in [0.1, 0.15) is 12.5 Å². The van der Waals surface area contributed by atoms with Crippen LogP contribution in [0, 0.1) is 0 Å². The first kappa shape index (κ1) is 39.5. The molecule has 2 fully saturated rings. The molecule has 11 N–H and O–H groups in total. The Morgan fingerprint density at radius 2 is 1.14 bits per heavy atom. The third-order valence-electron chi connectivity index (χ3n) is 6.35. The highest BCUT2D eigenvalue weighted by molar-refractivity contribution is 7.69. The van der Waals surface area contributed by atoms with Gasteiger partial charge in [0.05, 0.1) is 13.2 Å². The van der Waals surface area contributed by atoms with Gasteiger partial charge in [0.1, 0.15) is 42.4 Å². The van der Waals surface area contributed by atoms with Gasteiger partial charge in [0.2, 0.25) is 0 Å². The SMILES string of the molecule is Nc1ccn([C@H]2O[C@H](COP(=O)(O)OP(=O)(O)OP(=O)(O)OP(=O)(O)OC[C@H]3O[C@@H](n4ccc(=O)[nH]c4=O)[C@H](O)[C@@H]3O)[C@@H](O)[C@H]2O)c(=O)n1. The third-order valence-corrected chi connectivity index (χ3v) is 12.3. The summed E-state index contributed by atoms with van der Waals surface area (Å²) in [5.41, 5.74) is 2.47. The number of phosphoric ester groups is 2. The molecule has 12 atom stereocenters. The summed E-state index contributed by atoms with van der Waals surface area (Å²) in [7, 11) is -24.1. The number of aliphatic hydroxyl groups excluding tert-OH is 4. The summed E-state index contributed by atoms with van der Waals surface area (Å²) in [4.78, 5) is 79.5. The van der Waals surface area contributed by atoms with Crippen LogP contribution in [0.15, 0.2) is 38.9 Å². The molecular formula is C18H27N5O22P4. The summed E-state index contributed by atoms with van der Waals surface area (Å²) >= 11 is 0. The molecule has 2 aromatic heterocycles. The summed E-state index contributed by atoms with van der Waals surface area (Å²) in [6.45, 7) is -2.39. The number of hydrogen-bond acceptors (Lipinski definition) is 20. The van der Waals surface area contributed by atoms with E-state index in [0.29, 0.717) is 9.13 Å². The molecule has 27 nitrogen and oxygen atoms in total. The van der Waals surface area contributed by atoms with Crippen molar-refractivity contribution in [2.75, 3.05) is 18.9 Å². The molecule has 0 saturated carbocycles. The third kappa shape index (κ3) is 9.93. The van der Waals surface area contributed by atoms with Gasteiger partial charge in [0, 0.05) is 18.5 Å². The van der Waals surface area contributed by atoms with Crippen LogP contribution in [0.2, 0.25) is 0 Å². The number of aliphatic hydroxyl groups is 4. The first-order valence-electron chi connectivity index (χ1n) is 12.9. The molecule has 31 heteroatoms. The van der Waals surface area contributed by atoms with E-state index >= 15 is 0 Å². The minimum absolute atomic E-state index is 0.187. The monoisotopic (exact) mass is 789 g/mol. The Hall–Kier alpha value is -2.32. The van der Waals surface area contributed by atoms with Crippen LogP contribution in [0.5, 0.6) is 0 Å². The Labute approximate surface area is 270 Å². The van der Waals surface area contributed by atoms with Gasteiger partial charge in [-0.2, -0.15) is 17.9 Å². The van der Waals surface area contributed by atoms with Crippen molar-refractivity contribution < 1.29 is 89.7 Å². The lowest BCUT2D eigenvalue weighted by atomic mass is 10.1. The highest BCUT2D eigenvalue weighted by Crippen LogP contribution is 2.71. The van der Waals surface area contributed by atoms with Crippen LogP contribution in [-0.2, 0) is 49.7 Å². The molecular weight excluding hydrogens is 762 g/mol. The van der Waals surface area contributed by atoms with Gasteiger partial charge in [-0.15, -0.1) is 0 Å². The van der Waals surface area contributed by atoms with E-state index in [1.54, 1.807) is 0 Å². The molecule has 0 radical (unpaired) electrons. The number of nitrogen functional groups attached to an aromatic ring is 1. The molecule has 0 aliphatic carbocycles. The number of rotatable bonds is 14. The van der Waals surface area contributed by atoms with E-state index in [2.05, 4.69) is 27.0 Å². The van der Waals surface area contributed by atoms with Crippen molar-refractivity contribution in [1.82, 2.24) is 19.1 Å². The van der Waals surface area contributed by atoms with Crippen molar-refractivity contribution in [1.29, 1.82) is 0 Å². The molecule has 0 spiro atoms. The van der Waals surface area contributed by atoms with E-state index in [-0.39, 0.29) is 5.82 Å². The van der Waals surface area contributed by atoms with E-state index in [9.17, 15) is 72.6 Å². The van der Waals surface area contributed by atoms with Crippen LogP contribution < -0.4 is 22.7 Å². The highest BCUT2D eigenvalue weighted by Gasteiger charge is 2.50. The van der Waals surface area contributed by atoms with Crippen LogP contribution in [0.4, 0.5) is 5.82 Å². The predicted octanol–water partition coefficient (Wildman–Crippen LogP) is -3.90. The van der Waals surface area contributed by atoms with Crippen LogP contribution in [0.3, 0.4) is 0 Å². The molecule has 4 rings (SSSR count). The van der Waals surface area contributed by atoms with E-state index < -0.39 is 111 Å². The molecule has 0 aromatic carbocycles. The number of aromatic amines is 1. The van der Waals surface area contributed by atoms with Gasteiger partial charge in [-0.25, -0.2) is 27.8 Å². The number of hydrogen-bond donors (Lipinski definition) is 10. The smallest absolute Gasteiger partial charge is 0.387 e. The Kier molecular flexibility index (Phi) is 11.9. The molecule has 4 heterocycles. The molecule has 2 aliphatic rings. The number of aromatic nitrogens is 4. The van der Waals surface area contributed by atoms with Crippen molar-refractivity contribution in [3.8, 4) is 0 Å². The van der Waals surface area contributed by atoms with Gasteiger partial charge < -0.3 is 55.2 Å². The zero-order valence-electron chi connectivity index (χ0n) is 23.8. The summed E-state index contributed by atoms with van der Waals surface area (Å²) in [5.74, 6) is -0.187. The van der Waals surface area contributed by atoms with E-state index in [0.717, 1.165) is 24.5 Å². The zero-order chi connectivity index (χ0) is 36.7. The van der Waals surface area contributed by atoms with Gasteiger partial charge in [-0.05, 0) is 6.07 Å². The van der Waals surface area contributed by atoms with Crippen molar-refractivity contribution in [2.24, 2.45) is 0 Å². The van der Waals surface area contributed by atoms with E-state index in [1.165, 1.54) is 0 Å². The first-order chi connectivity index (χ1) is 22.5. The fourth-order valence-electron chi connectivity index (χ4n) is 4.24. The topological polar surface area (TPSA) is 410 Å². The van der Waals surface area contributed by atoms with Crippen molar-refractivity contribution in [3.63, 3.8) is 0 Å². The maximum absolute atomic E-state index is 12.2. The largest absolute Gasteiger partial charge is 0.490 e. The summed E-state index contributed by atoms with van der Waals surface area (Å²) in [5, 5.41) is 40.8. The molecule has 2 saturated heterocycles. The van der Waals surface area contributed by atoms with Crippen LogP contribution in [0.25, 0.3) is 0 Å². The average molecular weight is 789 g/mol. The minimum Gasteiger partial charge on any atom is -0.387 e. The molecule has 49 heavy (non-hydrogen) atoms. The van der Waals surface area contributed by atoms with Crippen molar-refractivity contribution >= 4 is 37.1 Å². The summed E-state index contributed by atoms with van der Waals surface area (Å²) < 4.78 is 80.7. The van der Waals surface area contributed by atoms with Gasteiger partial charge in [-0.3, -0.25) is 28.0 Å². The number of ether oxygens (including phenoxy) is 2. The molecule has 0 amide bonds. The molecule has 2 aromatic rings. The van der Waals surface area contributed by atoms with Gasteiger partial charge in [0.15, 0.2) is 12.5 Å². The quantitative estimate of drug-likeness (QED) is 0.0818. The number of nitrogens with zero attached hydrogens (tertiary/aromatic N) is 3. The van der Waals surface area contributed by atoms with Crippen molar-refractivity contribution in [3.05, 3.63) is 55.8 Å². The highest BCUT2D eigenvalue weighted by atomic mass is 31.3. The first-order valence-corrected chi connectivity index (χ1v) is 18.9. The number of H-pyrrole nitrogens is 1. The van der Waals surface area contributed by atoms with Crippen LogP contribution in [-0.4, -0.2) is 109 Å². The lowest BCUT2D eigenvalue weighted by molar-refractivity contribution is -0.0543. The van der Waals surface area contributed by atoms with Gasteiger partial charge >= 0.3 is 42.7 Å². The summed E-state index contributed by atoms with van der Waals surface area (Å²) in [6.07, 6.45) is -12.3. The Balaban J connectivity index is 1.30. The fraction of sp³-hybridized carbons (Fsp3) is 0.556. The second-order valence-electron chi connectivity index (χ2n) is 9.86. The van der Waals surface area contributed by atoms with E-state index in [1.807, 2.05) is 4.98 Å². The fourth-order valence-corrected chi connectivity index (χ4v) is 9.20. The number of nitrogens with one attached hydrogen (secondary N) is 1. The second kappa shape index (κ2) is 14.7. The number of anilines is 1. The lowest BCUT2D eigenvalue weighted by Crippen LogP contribution is -2.37. The Morgan fingerprint density at radius 3 is 1.59 bits per heavy atom. The number of nitrogens with two attached hydrogens (primary N) is 1. The zero-order valence-corrected chi connectivity index (χ0v) is 27.4. The molecule has 2 aliphatic heterocycles. The maximum Gasteiger partial charge on any atom is 0.490 e. The maximum atomic E-state index is 12.2. The van der Waals surface area contributed by atoms with E-state index in [4.69, 9.17) is 15.2 Å². The standard InChI is InChI=1S/C18H27N5O22P4/c19-9-1-3-22(17(29)20-9)15-13(27)11(25)7(41-15)5-39-46(31,32)43-48(35,36)45-49(37,38)44-47(33,34)40-6-8-12(26)14(28)16(42-8)23-4-2-10(24)21-18(23)30/h1-4,7-8,11-16,25-28H,5-6H2,(H,31,32)(H,33,34)(H,35,36)(H,37,38)(H2,19,20,29)(H,21,24,30)/t7-,8-,11-,12-,13-,14-,15+,16-/m1/s1. The summed E-state index contributed by atoms with van der Waals surface area (Å²) in [6, 6.07) is 2.01. The van der Waals surface area contributed by atoms with Gasteiger partial charge in [-0.1, -0.05) is 0 Å². The minimum atomic E-state index is -6.23. The van der Waals surface area contributed by atoms with Crippen LogP contribution >= 0.6 is 31.3 Å². The van der Waals surface area contributed by atoms with Crippen molar-refractivity contribution in [2.45, 2.75) is 49.1 Å². The Morgan fingerprint density at radius 1 is 0.714 bits per heavy atom. The molecule has 0 bridgehead atoms.